The molecule has 2 aliphatic heterocycles. The van der Waals surface area contributed by atoms with Crippen LogP contribution < -0.4 is 15.2 Å². The number of aliphatic hydroxyl groups excluding tert-OH is 1. The fraction of sp³-hybridized carbons (Fsp3) is 0.317. The number of pyridine rings is 2. The van der Waals surface area contributed by atoms with E-state index in [1.165, 1.54) is 19.2 Å². The van der Waals surface area contributed by atoms with Crippen LogP contribution in [-0.4, -0.2) is 69.0 Å². The van der Waals surface area contributed by atoms with Crippen LogP contribution in [0.3, 0.4) is 0 Å². The number of halogens is 9. The minimum atomic E-state index is -4.88. The Morgan fingerprint density at radius 2 is 1.58 bits per heavy atom. The van der Waals surface area contributed by atoms with E-state index in [0.29, 0.717) is 55.8 Å². The van der Waals surface area contributed by atoms with Crippen molar-refractivity contribution in [2.45, 2.75) is 36.5 Å². The van der Waals surface area contributed by atoms with E-state index < -0.39 is 98.9 Å². The molecule has 0 bridgehead atoms. The lowest BCUT2D eigenvalue weighted by Crippen LogP contribution is -2.53. The molecule has 2 N–H and O–H groups in total. The molecule has 0 spiro atoms. The van der Waals surface area contributed by atoms with Crippen LogP contribution in [0.15, 0.2) is 84.6 Å². The van der Waals surface area contributed by atoms with E-state index in [-0.39, 0.29) is 31.1 Å². The molecule has 0 unspecified atom stereocenters. The molecule has 21 heteroatoms. The Balaban J connectivity index is 1.27. The Morgan fingerprint density at radius 1 is 0.887 bits per heavy atom. The van der Waals surface area contributed by atoms with Crippen molar-refractivity contribution in [1.82, 2.24) is 20.0 Å². The number of aliphatic hydroxyl groups is 1. The minimum Gasteiger partial charge on any atom is -0.491 e. The van der Waals surface area contributed by atoms with Crippen LogP contribution in [0.1, 0.15) is 41.1 Å². The molecule has 2 aromatic carbocycles. The Labute approximate surface area is 362 Å². The third kappa shape index (κ3) is 7.00. The fourth-order valence-electron chi connectivity index (χ4n) is 9.27. The summed E-state index contributed by atoms with van der Waals surface area (Å²) in [6.07, 6.45) is -7.76. The molecule has 4 amide bonds. The number of alkyl halides is 6. The fourth-order valence-corrected chi connectivity index (χ4v) is 9.83. The van der Waals surface area contributed by atoms with Crippen LogP contribution in [0, 0.1) is 23.7 Å². The van der Waals surface area contributed by atoms with Gasteiger partial charge in [0.1, 0.15) is 18.1 Å². The summed E-state index contributed by atoms with van der Waals surface area (Å²) in [7, 11) is 1.18. The van der Waals surface area contributed by atoms with E-state index in [9.17, 15) is 45.8 Å². The highest BCUT2D eigenvalue weighted by Gasteiger charge is 2.70. The molecule has 0 radical (unpaired) electrons. The number of fused-ring (bicyclic) bond motifs is 4. The molecule has 1 saturated carbocycles. The first-order valence-electron chi connectivity index (χ1n) is 18.8. The summed E-state index contributed by atoms with van der Waals surface area (Å²) < 4.78 is 87.4. The molecule has 2 aliphatic carbocycles. The number of nitrogens with one attached hydrogen (secondary N) is 1. The van der Waals surface area contributed by atoms with Gasteiger partial charge in [-0.15, -0.1) is 0 Å². The molecule has 4 heterocycles. The SMILES string of the molecule is CN(c1nc(C(F)(F)F)ccc1Cl)N1C(=O)[C@H]2[C@H](CC=C3[C@H]2C[C@H]2C(=O)N(Nc4ncc(C(F)(F)F)cc4Cl)C(=O)[C@@]2(c2ccc(Cl)cc2)[C@H]3c2ccc(OCCO)cc2)C1=O. The first-order chi connectivity index (χ1) is 29.3. The van der Waals surface area contributed by atoms with Crippen LogP contribution in [-0.2, 0) is 36.9 Å². The average molecular weight is 924 g/mol. The molecule has 62 heavy (non-hydrogen) atoms. The van der Waals surface area contributed by atoms with Crippen molar-refractivity contribution in [2.75, 3.05) is 30.7 Å². The lowest BCUT2D eigenvalue weighted by atomic mass is 9.49. The second-order valence-electron chi connectivity index (χ2n) is 15.1. The molecule has 4 aliphatic rings. The summed E-state index contributed by atoms with van der Waals surface area (Å²) in [5, 5.41) is 11.0. The molecular formula is C41H31Cl3F6N6O6. The first kappa shape index (κ1) is 43.2. The second-order valence-corrected chi connectivity index (χ2v) is 16.3. The van der Waals surface area contributed by atoms with Gasteiger partial charge in [-0.3, -0.25) is 29.6 Å². The summed E-state index contributed by atoms with van der Waals surface area (Å²) in [5.41, 5.74) is -0.521. The van der Waals surface area contributed by atoms with E-state index >= 15 is 4.79 Å². The number of amides is 4. The van der Waals surface area contributed by atoms with Gasteiger partial charge in [-0.25, -0.2) is 9.97 Å². The quantitative estimate of drug-likeness (QED) is 0.0967. The van der Waals surface area contributed by atoms with Crippen LogP contribution in [0.2, 0.25) is 15.1 Å². The molecule has 8 rings (SSSR count). The number of carbonyl (C=O) groups is 4. The molecule has 2 saturated heterocycles. The maximum Gasteiger partial charge on any atom is 0.433 e. The van der Waals surface area contributed by atoms with E-state index in [4.69, 9.17) is 39.5 Å². The minimum absolute atomic E-state index is 0.0354. The number of aromatic nitrogens is 2. The highest BCUT2D eigenvalue weighted by Crippen LogP contribution is 2.64. The Bertz CT molecular complexity index is 2530. The zero-order chi connectivity index (χ0) is 44.6. The number of nitrogens with zero attached hydrogens (tertiary/aromatic N) is 5. The number of hydrogen-bond donors (Lipinski definition) is 2. The summed E-state index contributed by atoms with van der Waals surface area (Å²) >= 11 is 18.9. The van der Waals surface area contributed by atoms with Gasteiger partial charge in [-0.1, -0.05) is 70.7 Å². The zero-order valence-electron chi connectivity index (χ0n) is 31.8. The Morgan fingerprint density at radius 3 is 2.21 bits per heavy atom. The lowest BCUT2D eigenvalue weighted by molar-refractivity contribution is -0.142. The van der Waals surface area contributed by atoms with E-state index in [1.807, 2.05) is 0 Å². The number of ether oxygens (including phenoxy) is 1. The van der Waals surface area contributed by atoms with Gasteiger partial charge in [-0.2, -0.15) is 36.4 Å². The number of imide groups is 2. The molecule has 6 atom stereocenters. The van der Waals surface area contributed by atoms with Gasteiger partial charge in [0.15, 0.2) is 11.6 Å². The van der Waals surface area contributed by atoms with Crippen molar-refractivity contribution in [1.29, 1.82) is 0 Å². The standard InChI is InChI=1S/C41H31Cl3F6N6O6/c1-54(34-28(43)12-13-30(52-34)41(48,49)50)56-35(58)25-11-10-24-26(31(25)37(56)60)17-27-36(59)55(53-33-29(44)16-21(18-51-33)40(45,46)47)38(61)39(27,20-4-6-22(42)7-5-20)32(24)19-2-8-23(9-3-19)62-15-14-57/h2-10,12-13,16,18,25-27,31-32,57H,11,14-15,17H2,1H3,(H,51,53)/t25-,26+,27-,31-,32-,39+/m0/s1. The summed E-state index contributed by atoms with van der Waals surface area (Å²) in [6, 6.07) is 14.8. The van der Waals surface area contributed by atoms with Gasteiger partial charge in [0.05, 0.1) is 45.4 Å². The maximum absolute atomic E-state index is 15.4. The van der Waals surface area contributed by atoms with Crippen molar-refractivity contribution in [3.63, 3.8) is 0 Å². The van der Waals surface area contributed by atoms with E-state index in [1.54, 1.807) is 42.5 Å². The zero-order valence-corrected chi connectivity index (χ0v) is 34.1. The summed E-state index contributed by atoms with van der Waals surface area (Å²) in [5.74, 6) is -9.48. The van der Waals surface area contributed by atoms with Crippen molar-refractivity contribution in [3.8, 4) is 5.75 Å². The van der Waals surface area contributed by atoms with Gasteiger partial charge >= 0.3 is 12.4 Å². The second kappa shape index (κ2) is 15.7. The van der Waals surface area contributed by atoms with Gasteiger partial charge in [-0.05, 0) is 72.4 Å². The highest BCUT2D eigenvalue weighted by molar-refractivity contribution is 6.33. The number of anilines is 2. The molecular weight excluding hydrogens is 893 g/mol. The van der Waals surface area contributed by atoms with Gasteiger partial charge in [0.2, 0.25) is 0 Å². The summed E-state index contributed by atoms with van der Waals surface area (Å²) in [6.45, 7) is -0.318. The lowest BCUT2D eigenvalue weighted by Gasteiger charge is -2.50. The van der Waals surface area contributed by atoms with Crippen molar-refractivity contribution < 1.29 is 55.4 Å². The maximum atomic E-state index is 15.4. The van der Waals surface area contributed by atoms with Gasteiger partial charge < -0.3 is 9.84 Å². The number of benzene rings is 2. The molecule has 4 aromatic rings. The summed E-state index contributed by atoms with van der Waals surface area (Å²) in [4.78, 5) is 66.6. The van der Waals surface area contributed by atoms with Gasteiger partial charge in [0, 0.05) is 24.2 Å². The van der Waals surface area contributed by atoms with Crippen molar-refractivity contribution in [2.24, 2.45) is 23.7 Å². The highest BCUT2D eigenvalue weighted by atomic mass is 35.5. The van der Waals surface area contributed by atoms with E-state index in [0.717, 1.165) is 11.1 Å². The smallest absolute Gasteiger partial charge is 0.433 e. The van der Waals surface area contributed by atoms with Crippen molar-refractivity contribution >= 4 is 70.1 Å². The third-order valence-corrected chi connectivity index (χ3v) is 12.7. The van der Waals surface area contributed by atoms with Crippen LogP contribution in [0.25, 0.3) is 0 Å². The number of hydrogen-bond acceptors (Lipinski definition) is 10. The van der Waals surface area contributed by atoms with Crippen LogP contribution in [0.5, 0.6) is 5.75 Å². The van der Waals surface area contributed by atoms with Crippen LogP contribution >= 0.6 is 34.8 Å². The monoisotopic (exact) mass is 922 g/mol. The Hall–Kier alpha value is -5.43. The molecule has 324 valence electrons. The molecule has 3 fully saturated rings. The normalized spacial score (nSPS) is 24.8. The Kier molecular flexibility index (Phi) is 11.0. The molecule has 12 nitrogen and oxygen atoms in total. The number of rotatable bonds is 9. The number of hydrazine groups is 2. The molecule has 2 aromatic heterocycles. The largest absolute Gasteiger partial charge is 0.491 e. The predicted octanol–water partition coefficient (Wildman–Crippen LogP) is 7.88. The third-order valence-electron chi connectivity index (χ3n) is 11.8. The van der Waals surface area contributed by atoms with Gasteiger partial charge in [0.25, 0.3) is 23.6 Å². The average Bonchev–Trinajstić information content (AvgIpc) is 3.60. The van der Waals surface area contributed by atoms with Crippen LogP contribution in [0.4, 0.5) is 38.0 Å². The van der Waals surface area contributed by atoms with E-state index in [2.05, 4.69) is 15.4 Å². The number of carbonyl (C=O) groups excluding carboxylic acids is 4. The number of allylic oxidation sites excluding steroid dienone is 2. The predicted molar refractivity (Wildman–Crippen MR) is 210 cm³/mol. The first-order valence-corrected chi connectivity index (χ1v) is 19.9. The topological polar surface area (TPSA) is 145 Å². The van der Waals surface area contributed by atoms with Crippen molar-refractivity contribution in [3.05, 3.63) is 122 Å².